The van der Waals surface area contributed by atoms with Crippen LogP contribution in [0.4, 0.5) is 5.69 Å². The number of carbonyl (C=O) groups is 1. The summed E-state index contributed by atoms with van der Waals surface area (Å²) in [5.41, 5.74) is 6.80. The Labute approximate surface area is 138 Å². The number of carbonyl (C=O) groups excluding carboxylic acids is 1. The minimum absolute atomic E-state index is 0. The molecule has 0 unspecified atom stereocenters. The number of nitrogens with two attached hydrogens (primary N) is 1. The van der Waals surface area contributed by atoms with Gasteiger partial charge in [-0.15, -0.1) is 24.8 Å². The van der Waals surface area contributed by atoms with Crippen LogP contribution in [0.25, 0.3) is 0 Å². The van der Waals surface area contributed by atoms with Crippen LogP contribution in [0, 0.1) is 0 Å². The fourth-order valence-corrected chi connectivity index (χ4v) is 2.75. The fraction of sp³-hybridized carbons (Fsp3) is 0.571. The van der Waals surface area contributed by atoms with Crippen molar-refractivity contribution in [3.05, 3.63) is 24.0 Å². The maximum absolute atomic E-state index is 12.1. The third kappa shape index (κ3) is 4.46. The van der Waals surface area contributed by atoms with Crippen LogP contribution in [0.2, 0.25) is 0 Å². The first-order chi connectivity index (χ1) is 9.05. The van der Waals surface area contributed by atoms with Crippen LogP contribution in [0.3, 0.4) is 0 Å². The minimum atomic E-state index is -0.140. The number of pyridine rings is 1. The lowest BCUT2D eigenvalue weighted by molar-refractivity contribution is 0.0900. The Bertz CT molecular complexity index is 462. The maximum Gasteiger partial charge on any atom is 0.255 e. The summed E-state index contributed by atoms with van der Waals surface area (Å²) in [4.78, 5) is 18.3. The summed E-state index contributed by atoms with van der Waals surface area (Å²) in [7, 11) is 4.16. The van der Waals surface area contributed by atoms with E-state index in [0.29, 0.717) is 17.8 Å². The second-order valence-corrected chi connectivity index (χ2v) is 5.47. The molecule has 1 amide bonds. The fourth-order valence-electron chi connectivity index (χ4n) is 2.75. The molecule has 5 nitrogen and oxygen atoms in total. The van der Waals surface area contributed by atoms with Crippen LogP contribution in [-0.4, -0.2) is 42.0 Å². The number of halogens is 2. The Morgan fingerprint density at radius 3 is 2.52 bits per heavy atom. The van der Waals surface area contributed by atoms with E-state index in [1.807, 2.05) is 0 Å². The number of nitrogen functional groups attached to an aromatic ring is 1. The first-order valence-electron chi connectivity index (χ1n) is 6.70. The molecule has 1 aromatic rings. The maximum atomic E-state index is 12.1. The number of nitrogens with zero attached hydrogens (tertiary/aromatic N) is 2. The van der Waals surface area contributed by atoms with Gasteiger partial charge in [0.1, 0.15) is 0 Å². The molecule has 1 aliphatic rings. The van der Waals surface area contributed by atoms with Gasteiger partial charge in [0.2, 0.25) is 0 Å². The predicted octanol–water partition coefficient (Wildman–Crippen LogP) is 2.11. The molecule has 7 heteroatoms. The number of amides is 1. The van der Waals surface area contributed by atoms with E-state index in [-0.39, 0.29) is 36.3 Å². The van der Waals surface area contributed by atoms with E-state index < -0.39 is 0 Å². The lowest BCUT2D eigenvalue weighted by Gasteiger charge is -2.36. The second kappa shape index (κ2) is 8.41. The van der Waals surface area contributed by atoms with Gasteiger partial charge in [0, 0.05) is 30.2 Å². The summed E-state index contributed by atoms with van der Waals surface area (Å²) in [6.07, 6.45) is 7.81. The van der Waals surface area contributed by atoms with Crippen LogP contribution in [0.1, 0.15) is 36.0 Å². The number of hydrogen-bond donors (Lipinski definition) is 2. The van der Waals surface area contributed by atoms with Gasteiger partial charge in [-0.3, -0.25) is 9.78 Å². The summed E-state index contributed by atoms with van der Waals surface area (Å²) < 4.78 is 0. The minimum Gasteiger partial charge on any atom is -0.398 e. The molecule has 1 heterocycles. The summed E-state index contributed by atoms with van der Waals surface area (Å²) in [6.45, 7) is 0.660. The Kier molecular flexibility index (Phi) is 8.00. The van der Waals surface area contributed by atoms with Crippen molar-refractivity contribution < 1.29 is 4.79 Å². The zero-order valence-corrected chi connectivity index (χ0v) is 14.1. The van der Waals surface area contributed by atoms with Crippen molar-refractivity contribution >= 4 is 36.4 Å². The molecule has 3 N–H and O–H groups in total. The van der Waals surface area contributed by atoms with Crippen molar-refractivity contribution in [2.24, 2.45) is 0 Å². The molecule has 120 valence electrons. The molecule has 0 atom stereocenters. The van der Waals surface area contributed by atoms with Crippen LogP contribution in [0.5, 0.6) is 0 Å². The molecule has 0 saturated heterocycles. The van der Waals surface area contributed by atoms with Gasteiger partial charge in [-0.25, -0.2) is 0 Å². The average Bonchev–Trinajstić information content (AvgIpc) is 2.86. The van der Waals surface area contributed by atoms with Gasteiger partial charge in [-0.05, 0) is 33.0 Å². The summed E-state index contributed by atoms with van der Waals surface area (Å²) >= 11 is 0. The molecule has 0 aliphatic heterocycles. The SMILES string of the molecule is CN(C)C1(CNC(=O)c2cnccc2N)CCCC1.Cl.Cl. The van der Waals surface area contributed by atoms with Crippen molar-refractivity contribution in [1.29, 1.82) is 0 Å². The third-order valence-electron chi connectivity index (χ3n) is 4.16. The quantitative estimate of drug-likeness (QED) is 0.884. The van der Waals surface area contributed by atoms with Gasteiger partial charge in [0.25, 0.3) is 5.91 Å². The van der Waals surface area contributed by atoms with E-state index in [1.54, 1.807) is 12.3 Å². The Hall–Kier alpha value is -1.04. The highest BCUT2D eigenvalue weighted by Gasteiger charge is 2.36. The topological polar surface area (TPSA) is 71.2 Å². The largest absolute Gasteiger partial charge is 0.398 e. The van der Waals surface area contributed by atoms with E-state index in [2.05, 4.69) is 29.3 Å². The van der Waals surface area contributed by atoms with Gasteiger partial charge in [-0.2, -0.15) is 0 Å². The van der Waals surface area contributed by atoms with Crippen molar-refractivity contribution in [3.63, 3.8) is 0 Å². The van der Waals surface area contributed by atoms with Crippen LogP contribution in [0.15, 0.2) is 18.5 Å². The van der Waals surface area contributed by atoms with Gasteiger partial charge < -0.3 is 16.0 Å². The Morgan fingerprint density at radius 2 is 2.00 bits per heavy atom. The molecule has 0 bridgehead atoms. The van der Waals surface area contributed by atoms with Crippen molar-refractivity contribution in [2.75, 3.05) is 26.4 Å². The summed E-state index contributed by atoms with van der Waals surface area (Å²) in [5, 5.41) is 3.00. The Balaban J connectivity index is 0.00000200. The van der Waals surface area contributed by atoms with Gasteiger partial charge in [0.05, 0.1) is 5.56 Å². The number of anilines is 1. The summed E-state index contributed by atoms with van der Waals surface area (Å²) in [5.74, 6) is -0.140. The smallest absolute Gasteiger partial charge is 0.255 e. The van der Waals surface area contributed by atoms with Crippen LogP contribution >= 0.6 is 24.8 Å². The highest BCUT2D eigenvalue weighted by molar-refractivity contribution is 5.98. The lowest BCUT2D eigenvalue weighted by Crippen LogP contribution is -2.50. The Morgan fingerprint density at radius 1 is 1.38 bits per heavy atom. The van der Waals surface area contributed by atoms with Gasteiger partial charge in [0.15, 0.2) is 0 Å². The molecule has 2 rings (SSSR count). The number of aromatic nitrogens is 1. The molecule has 1 aromatic heterocycles. The van der Waals surface area contributed by atoms with E-state index in [1.165, 1.54) is 19.0 Å². The molecule has 0 radical (unpaired) electrons. The molecule has 0 spiro atoms. The standard InChI is InChI=1S/C14H22N4O.2ClH/c1-18(2)14(6-3-4-7-14)10-17-13(19)11-9-16-8-5-12(11)15;;/h5,8-9H,3-4,6-7,10H2,1-2H3,(H2,15,16)(H,17,19);2*1H. The molecule has 1 aliphatic carbocycles. The average molecular weight is 335 g/mol. The lowest BCUT2D eigenvalue weighted by atomic mass is 9.96. The summed E-state index contributed by atoms with van der Waals surface area (Å²) in [6, 6.07) is 1.65. The highest BCUT2D eigenvalue weighted by atomic mass is 35.5. The molecular formula is C14H24Cl2N4O. The molecule has 21 heavy (non-hydrogen) atoms. The van der Waals surface area contributed by atoms with Crippen LogP contribution in [-0.2, 0) is 0 Å². The second-order valence-electron chi connectivity index (χ2n) is 5.47. The molecule has 1 fully saturated rings. The first-order valence-corrected chi connectivity index (χ1v) is 6.70. The van der Waals surface area contributed by atoms with E-state index in [0.717, 1.165) is 12.8 Å². The predicted molar refractivity (Wildman–Crippen MR) is 90.4 cm³/mol. The van der Waals surface area contributed by atoms with Gasteiger partial charge >= 0.3 is 0 Å². The van der Waals surface area contributed by atoms with Crippen molar-refractivity contribution in [3.8, 4) is 0 Å². The molecule has 0 aromatic carbocycles. The van der Waals surface area contributed by atoms with Gasteiger partial charge in [-0.1, -0.05) is 12.8 Å². The zero-order valence-electron chi connectivity index (χ0n) is 12.5. The van der Waals surface area contributed by atoms with E-state index in [4.69, 9.17) is 5.73 Å². The normalized spacial score (nSPS) is 16.0. The third-order valence-corrected chi connectivity index (χ3v) is 4.16. The monoisotopic (exact) mass is 334 g/mol. The van der Waals surface area contributed by atoms with E-state index in [9.17, 15) is 4.79 Å². The van der Waals surface area contributed by atoms with Crippen molar-refractivity contribution in [1.82, 2.24) is 15.2 Å². The number of hydrogen-bond acceptors (Lipinski definition) is 4. The van der Waals surface area contributed by atoms with Crippen LogP contribution < -0.4 is 11.1 Å². The van der Waals surface area contributed by atoms with Crippen molar-refractivity contribution in [2.45, 2.75) is 31.2 Å². The number of likely N-dealkylation sites (N-methyl/N-ethyl adjacent to an activating group) is 1. The zero-order chi connectivity index (χ0) is 13.9. The molecule has 1 saturated carbocycles. The van der Waals surface area contributed by atoms with E-state index >= 15 is 0 Å². The molecular weight excluding hydrogens is 311 g/mol. The number of rotatable bonds is 4. The highest BCUT2D eigenvalue weighted by Crippen LogP contribution is 2.33. The first kappa shape index (κ1) is 20.0. The number of nitrogens with one attached hydrogen (secondary N) is 1.